The van der Waals surface area contributed by atoms with Crippen LogP contribution in [0.4, 0.5) is 9.52 Å². The first-order valence-corrected chi connectivity index (χ1v) is 6.67. The van der Waals surface area contributed by atoms with E-state index in [1.807, 2.05) is 6.92 Å². The van der Waals surface area contributed by atoms with E-state index in [0.717, 1.165) is 22.8 Å². The summed E-state index contributed by atoms with van der Waals surface area (Å²) >= 11 is 1.31. The lowest BCUT2D eigenvalue weighted by Gasteiger charge is -2.04. The maximum Gasteiger partial charge on any atom is 0.202 e. The Morgan fingerprint density at radius 3 is 2.89 bits per heavy atom. The number of rotatable bonds is 4. The van der Waals surface area contributed by atoms with Crippen LogP contribution < -0.4 is 5.32 Å². The highest BCUT2D eigenvalue weighted by atomic mass is 32.1. The average Bonchev–Trinajstić information content (AvgIpc) is 2.78. The summed E-state index contributed by atoms with van der Waals surface area (Å²) in [5, 5.41) is 4.00. The van der Waals surface area contributed by atoms with Gasteiger partial charge in [-0.15, -0.1) is 0 Å². The molecule has 1 heterocycles. The molecule has 0 aliphatic heterocycles. The third-order valence-corrected chi connectivity index (χ3v) is 3.20. The fourth-order valence-electron chi connectivity index (χ4n) is 1.53. The molecule has 1 aromatic heterocycles. The molecular formula is C13H16FN3S. The minimum Gasteiger partial charge on any atom is -0.360 e. The molecule has 0 aliphatic rings. The summed E-state index contributed by atoms with van der Waals surface area (Å²) in [6, 6.07) is 4.67. The van der Waals surface area contributed by atoms with Gasteiger partial charge in [0, 0.05) is 23.6 Å². The Bertz CT molecular complexity index is 537. The van der Waals surface area contributed by atoms with E-state index in [2.05, 4.69) is 28.5 Å². The summed E-state index contributed by atoms with van der Waals surface area (Å²) in [7, 11) is 0. The Morgan fingerprint density at radius 2 is 2.17 bits per heavy atom. The first kappa shape index (κ1) is 13.0. The van der Waals surface area contributed by atoms with Crippen molar-refractivity contribution in [3.63, 3.8) is 0 Å². The third-order valence-electron chi connectivity index (χ3n) is 2.53. The molecule has 2 aromatic rings. The van der Waals surface area contributed by atoms with Crippen molar-refractivity contribution in [2.45, 2.75) is 20.8 Å². The van der Waals surface area contributed by atoms with Crippen LogP contribution in [-0.4, -0.2) is 15.9 Å². The van der Waals surface area contributed by atoms with E-state index < -0.39 is 0 Å². The Kier molecular flexibility index (Phi) is 3.91. The summed E-state index contributed by atoms with van der Waals surface area (Å²) in [5.74, 6) is 0.874. The number of nitrogens with one attached hydrogen (secondary N) is 1. The van der Waals surface area contributed by atoms with E-state index >= 15 is 0 Å². The van der Waals surface area contributed by atoms with Crippen molar-refractivity contribution in [1.82, 2.24) is 9.36 Å². The van der Waals surface area contributed by atoms with Crippen molar-refractivity contribution >= 4 is 16.7 Å². The highest BCUT2D eigenvalue weighted by Gasteiger charge is 2.10. The van der Waals surface area contributed by atoms with Gasteiger partial charge in [-0.05, 0) is 30.5 Å². The predicted octanol–water partition coefficient (Wildman–Crippen LogP) is 3.72. The van der Waals surface area contributed by atoms with Gasteiger partial charge in [0.15, 0.2) is 5.82 Å². The smallest absolute Gasteiger partial charge is 0.202 e. The molecule has 0 amide bonds. The SMILES string of the molecule is Cc1ccc(F)cc1-c1nsc(NCC(C)C)n1. The molecule has 96 valence electrons. The van der Waals surface area contributed by atoms with Gasteiger partial charge in [0.1, 0.15) is 5.82 Å². The maximum absolute atomic E-state index is 13.2. The standard InChI is InChI=1S/C13H16FN3S/c1-8(2)7-15-13-16-12(17-18-13)11-6-10(14)5-4-9(11)3/h4-6,8H,7H2,1-3H3,(H,15,16,17). The molecule has 3 nitrogen and oxygen atoms in total. The number of hydrogen-bond donors (Lipinski definition) is 1. The van der Waals surface area contributed by atoms with E-state index in [4.69, 9.17) is 0 Å². The Labute approximate surface area is 110 Å². The first-order valence-electron chi connectivity index (χ1n) is 5.90. The first-order chi connectivity index (χ1) is 8.56. The molecule has 0 fully saturated rings. The van der Waals surface area contributed by atoms with E-state index in [0.29, 0.717) is 11.7 Å². The van der Waals surface area contributed by atoms with Crippen LogP contribution in [0.5, 0.6) is 0 Å². The van der Waals surface area contributed by atoms with Gasteiger partial charge < -0.3 is 5.32 Å². The molecule has 0 spiro atoms. The van der Waals surface area contributed by atoms with Gasteiger partial charge in [0.2, 0.25) is 5.13 Å². The number of hydrogen-bond acceptors (Lipinski definition) is 4. The topological polar surface area (TPSA) is 37.8 Å². The molecule has 0 saturated carbocycles. The highest BCUT2D eigenvalue weighted by Crippen LogP contribution is 2.24. The number of nitrogens with zero attached hydrogens (tertiary/aromatic N) is 2. The van der Waals surface area contributed by atoms with E-state index in [-0.39, 0.29) is 5.82 Å². The molecule has 0 saturated heterocycles. The molecule has 0 aliphatic carbocycles. The lowest BCUT2D eigenvalue weighted by molar-refractivity contribution is 0.628. The number of anilines is 1. The summed E-state index contributed by atoms with van der Waals surface area (Å²) < 4.78 is 17.5. The van der Waals surface area contributed by atoms with E-state index in [1.165, 1.54) is 23.7 Å². The van der Waals surface area contributed by atoms with Gasteiger partial charge in [-0.25, -0.2) is 4.39 Å². The Balaban J connectivity index is 2.21. The quantitative estimate of drug-likeness (QED) is 0.915. The van der Waals surface area contributed by atoms with Gasteiger partial charge in [0.25, 0.3) is 0 Å². The fraction of sp³-hybridized carbons (Fsp3) is 0.385. The average molecular weight is 265 g/mol. The Morgan fingerprint density at radius 1 is 1.39 bits per heavy atom. The second-order valence-electron chi connectivity index (χ2n) is 4.66. The molecule has 2 rings (SSSR count). The van der Waals surface area contributed by atoms with Crippen LogP contribution in [0.15, 0.2) is 18.2 Å². The number of halogens is 1. The minimum absolute atomic E-state index is 0.262. The third kappa shape index (κ3) is 3.04. The van der Waals surface area contributed by atoms with Crippen LogP contribution in [-0.2, 0) is 0 Å². The van der Waals surface area contributed by atoms with E-state index in [1.54, 1.807) is 6.07 Å². The van der Waals surface area contributed by atoms with Crippen LogP contribution in [0, 0.1) is 18.7 Å². The highest BCUT2D eigenvalue weighted by molar-refractivity contribution is 7.09. The fourth-order valence-corrected chi connectivity index (χ4v) is 2.12. The summed E-state index contributed by atoms with van der Waals surface area (Å²) in [6.45, 7) is 7.05. The molecule has 0 radical (unpaired) electrons. The van der Waals surface area contributed by atoms with E-state index in [9.17, 15) is 4.39 Å². The van der Waals surface area contributed by atoms with Crippen molar-refractivity contribution in [3.05, 3.63) is 29.6 Å². The van der Waals surface area contributed by atoms with Crippen LogP contribution in [0.3, 0.4) is 0 Å². The summed E-state index contributed by atoms with van der Waals surface area (Å²) in [5.41, 5.74) is 1.73. The molecular weight excluding hydrogens is 249 g/mol. The van der Waals surface area contributed by atoms with Gasteiger partial charge in [-0.1, -0.05) is 19.9 Å². The zero-order chi connectivity index (χ0) is 13.1. The second-order valence-corrected chi connectivity index (χ2v) is 5.41. The molecule has 0 bridgehead atoms. The van der Waals surface area contributed by atoms with Crippen molar-refractivity contribution in [1.29, 1.82) is 0 Å². The van der Waals surface area contributed by atoms with Crippen molar-refractivity contribution in [3.8, 4) is 11.4 Å². The lowest BCUT2D eigenvalue weighted by atomic mass is 10.1. The molecule has 0 unspecified atom stereocenters. The van der Waals surface area contributed by atoms with Crippen molar-refractivity contribution < 1.29 is 4.39 Å². The van der Waals surface area contributed by atoms with Crippen molar-refractivity contribution in [2.75, 3.05) is 11.9 Å². The summed E-state index contributed by atoms with van der Waals surface area (Å²) in [4.78, 5) is 4.38. The molecule has 1 aromatic carbocycles. The number of benzene rings is 1. The second kappa shape index (κ2) is 5.44. The zero-order valence-corrected chi connectivity index (χ0v) is 11.5. The van der Waals surface area contributed by atoms with Crippen LogP contribution >= 0.6 is 11.5 Å². The van der Waals surface area contributed by atoms with Crippen molar-refractivity contribution in [2.24, 2.45) is 5.92 Å². The van der Waals surface area contributed by atoms with Crippen LogP contribution in [0.25, 0.3) is 11.4 Å². The summed E-state index contributed by atoms with van der Waals surface area (Å²) in [6.07, 6.45) is 0. The van der Waals surface area contributed by atoms with Gasteiger partial charge in [-0.2, -0.15) is 9.36 Å². The molecule has 1 N–H and O–H groups in total. The zero-order valence-electron chi connectivity index (χ0n) is 10.7. The molecule has 18 heavy (non-hydrogen) atoms. The Hall–Kier alpha value is -1.49. The van der Waals surface area contributed by atoms with Crippen LogP contribution in [0.1, 0.15) is 19.4 Å². The van der Waals surface area contributed by atoms with Crippen LogP contribution in [0.2, 0.25) is 0 Å². The maximum atomic E-state index is 13.2. The predicted molar refractivity (Wildman–Crippen MR) is 73.4 cm³/mol. The number of aromatic nitrogens is 2. The minimum atomic E-state index is -0.262. The molecule has 5 heteroatoms. The normalized spacial score (nSPS) is 10.9. The van der Waals surface area contributed by atoms with Gasteiger partial charge in [0.05, 0.1) is 0 Å². The van der Waals surface area contributed by atoms with Gasteiger partial charge in [-0.3, -0.25) is 0 Å². The monoisotopic (exact) mass is 265 g/mol. The number of aryl methyl sites for hydroxylation is 1. The lowest BCUT2D eigenvalue weighted by Crippen LogP contribution is -2.07. The van der Waals surface area contributed by atoms with Gasteiger partial charge >= 0.3 is 0 Å². The molecule has 0 atom stereocenters. The largest absolute Gasteiger partial charge is 0.360 e.